The Bertz CT molecular complexity index is 646. The Morgan fingerprint density at radius 1 is 1.52 bits per heavy atom. The van der Waals surface area contributed by atoms with Gasteiger partial charge in [-0.15, -0.1) is 0 Å². The Morgan fingerprint density at radius 2 is 2.30 bits per heavy atom. The van der Waals surface area contributed by atoms with Crippen molar-refractivity contribution in [1.82, 2.24) is 9.80 Å². The fourth-order valence-corrected chi connectivity index (χ4v) is 3.20. The Morgan fingerprint density at radius 3 is 3.00 bits per heavy atom. The molecule has 1 aromatic rings. The molecule has 1 fully saturated rings. The predicted molar refractivity (Wildman–Crippen MR) is 82.3 cm³/mol. The summed E-state index contributed by atoms with van der Waals surface area (Å²) in [4.78, 5) is 26.4. The largest absolute Gasteiger partial charge is 0.496 e. The molecule has 124 valence electrons. The van der Waals surface area contributed by atoms with Gasteiger partial charge in [0.15, 0.2) is 6.61 Å². The molecule has 3 rings (SSSR count). The number of carboxylic acid groups (broad SMARTS) is 1. The van der Waals surface area contributed by atoms with E-state index in [2.05, 4.69) is 4.90 Å². The molecule has 7 nitrogen and oxygen atoms in total. The lowest BCUT2D eigenvalue weighted by Gasteiger charge is -2.23. The summed E-state index contributed by atoms with van der Waals surface area (Å²) >= 11 is 0. The summed E-state index contributed by atoms with van der Waals surface area (Å²) in [7, 11) is 3.19. The highest BCUT2D eigenvalue weighted by Gasteiger charge is 2.31. The summed E-state index contributed by atoms with van der Waals surface area (Å²) in [5.41, 5.74) is 1.45. The highest BCUT2D eigenvalue weighted by atomic mass is 16.5. The number of rotatable bonds is 4. The third-order valence-corrected chi connectivity index (χ3v) is 4.56. The second-order valence-corrected chi connectivity index (χ2v) is 5.91. The van der Waals surface area contributed by atoms with Gasteiger partial charge in [-0.2, -0.15) is 0 Å². The molecular formula is C16H20N2O5. The third-order valence-electron chi connectivity index (χ3n) is 4.56. The van der Waals surface area contributed by atoms with E-state index in [-0.39, 0.29) is 18.4 Å². The van der Waals surface area contributed by atoms with Gasteiger partial charge in [0.05, 0.1) is 18.2 Å². The number of methoxy groups -OCH3 is 1. The van der Waals surface area contributed by atoms with E-state index in [1.54, 1.807) is 26.3 Å². The zero-order valence-electron chi connectivity index (χ0n) is 13.2. The van der Waals surface area contributed by atoms with Crippen LogP contribution >= 0.6 is 0 Å². The number of Topliss-reactive ketones (excluding diaryl/α,β-unsaturated/α-hetero) is 1. The zero-order valence-corrected chi connectivity index (χ0v) is 13.2. The van der Waals surface area contributed by atoms with E-state index in [0.717, 1.165) is 18.5 Å². The van der Waals surface area contributed by atoms with E-state index in [9.17, 15) is 9.59 Å². The summed E-state index contributed by atoms with van der Waals surface area (Å²) < 4.78 is 11.0. The fourth-order valence-electron chi connectivity index (χ4n) is 3.20. The monoisotopic (exact) mass is 320 g/mol. The molecule has 0 bridgehead atoms. The van der Waals surface area contributed by atoms with Gasteiger partial charge in [0.2, 0.25) is 5.78 Å². The van der Waals surface area contributed by atoms with Crippen molar-refractivity contribution >= 4 is 11.9 Å². The third kappa shape index (κ3) is 2.84. The molecule has 0 spiro atoms. The molecule has 1 N–H and O–H groups in total. The molecule has 0 radical (unpaired) electrons. The van der Waals surface area contributed by atoms with Crippen molar-refractivity contribution < 1.29 is 24.2 Å². The molecule has 1 amide bonds. The van der Waals surface area contributed by atoms with Crippen molar-refractivity contribution in [3.05, 3.63) is 23.3 Å². The lowest BCUT2D eigenvalue weighted by molar-refractivity contribution is 0.0960. The molecular weight excluding hydrogens is 300 g/mol. The fraction of sp³-hybridized carbons (Fsp3) is 0.500. The predicted octanol–water partition coefficient (Wildman–Crippen LogP) is 1.45. The molecule has 0 saturated carbocycles. The molecule has 2 aliphatic heterocycles. The summed E-state index contributed by atoms with van der Waals surface area (Å²) in [6, 6.07) is 3.51. The Kier molecular flexibility index (Phi) is 4.12. The number of fused-ring (bicyclic) bond motifs is 1. The molecule has 1 saturated heterocycles. The normalized spacial score (nSPS) is 20.3. The first-order valence-electron chi connectivity index (χ1n) is 7.55. The number of likely N-dealkylation sites (N-methyl/N-ethyl adjacent to an activating group) is 1. The van der Waals surface area contributed by atoms with Gasteiger partial charge in [0.25, 0.3) is 0 Å². The van der Waals surface area contributed by atoms with E-state index in [0.29, 0.717) is 30.2 Å². The number of benzene rings is 1. The standard InChI is InChI=1S/C16H20N2O5/c1-17(16(20)21)10-5-6-18(7-10)8-12-14(22-2)4-3-11-13(19)9-23-15(11)12/h3-4,10H,5-9H2,1-2H3,(H,20,21)/t10-/m0/s1. The topological polar surface area (TPSA) is 79.3 Å². The van der Waals surface area contributed by atoms with Crippen LogP contribution in [0.4, 0.5) is 4.79 Å². The number of likely N-dealkylation sites (tertiary alicyclic amines) is 1. The minimum Gasteiger partial charge on any atom is -0.496 e. The number of hydrogen-bond donors (Lipinski definition) is 1. The van der Waals surface area contributed by atoms with E-state index >= 15 is 0 Å². The number of ketones is 1. The van der Waals surface area contributed by atoms with Crippen LogP contribution in [0.25, 0.3) is 0 Å². The van der Waals surface area contributed by atoms with Gasteiger partial charge in [-0.05, 0) is 18.6 Å². The van der Waals surface area contributed by atoms with Crippen molar-refractivity contribution in [3.63, 3.8) is 0 Å². The molecule has 0 aromatic heterocycles. The van der Waals surface area contributed by atoms with Gasteiger partial charge >= 0.3 is 6.09 Å². The van der Waals surface area contributed by atoms with Gasteiger partial charge in [-0.25, -0.2) is 4.79 Å². The first-order valence-corrected chi connectivity index (χ1v) is 7.55. The van der Waals surface area contributed by atoms with E-state index in [1.165, 1.54) is 4.90 Å². The summed E-state index contributed by atoms with van der Waals surface area (Å²) in [6.07, 6.45) is -0.121. The maximum absolute atomic E-state index is 11.8. The average molecular weight is 320 g/mol. The molecule has 1 aromatic carbocycles. The molecule has 2 heterocycles. The van der Waals surface area contributed by atoms with E-state index < -0.39 is 6.09 Å². The Labute approximate surface area is 134 Å². The van der Waals surface area contributed by atoms with E-state index in [4.69, 9.17) is 14.6 Å². The minimum atomic E-state index is -0.913. The van der Waals surface area contributed by atoms with Crippen molar-refractivity contribution in [2.24, 2.45) is 0 Å². The van der Waals surface area contributed by atoms with Crippen LogP contribution in [0.1, 0.15) is 22.3 Å². The van der Waals surface area contributed by atoms with Crippen molar-refractivity contribution in [1.29, 1.82) is 0 Å². The summed E-state index contributed by atoms with van der Waals surface area (Å²) in [6.45, 7) is 2.09. The first kappa shape index (κ1) is 15.6. The molecule has 0 unspecified atom stereocenters. The first-order chi connectivity index (χ1) is 11.0. The van der Waals surface area contributed by atoms with Crippen LogP contribution in [0.15, 0.2) is 12.1 Å². The van der Waals surface area contributed by atoms with Gasteiger partial charge in [-0.1, -0.05) is 0 Å². The molecule has 1 atom stereocenters. The second kappa shape index (κ2) is 6.08. The summed E-state index contributed by atoms with van der Waals surface area (Å²) in [5.74, 6) is 1.27. The smallest absolute Gasteiger partial charge is 0.407 e. The number of carbonyl (C=O) groups is 2. The van der Waals surface area contributed by atoms with Crippen LogP contribution in [0.2, 0.25) is 0 Å². The van der Waals surface area contributed by atoms with Gasteiger partial charge in [0.1, 0.15) is 11.5 Å². The number of ether oxygens (including phenoxy) is 2. The highest BCUT2D eigenvalue weighted by Crippen LogP contribution is 2.37. The van der Waals surface area contributed by atoms with Crippen LogP contribution < -0.4 is 9.47 Å². The molecule has 2 aliphatic rings. The van der Waals surface area contributed by atoms with Crippen LogP contribution in [-0.2, 0) is 6.54 Å². The van der Waals surface area contributed by atoms with Crippen molar-refractivity contribution in [2.45, 2.75) is 19.0 Å². The van der Waals surface area contributed by atoms with Gasteiger partial charge in [-0.3, -0.25) is 9.69 Å². The lowest BCUT2D eigenvalue weighted by Crippen LogP contribution is -2.37. The Hall–Kier alpha value is -2.28. The van der Waals surface area contributed by atoms with Crippen LogP contribution in [0.5, 0.6) is 11.5 Å². The number of amides is 1. The quantitative estimate of drug-likeness (QED) is 0.905. The van der Waals surface area contributed by atoms with Gasteiger partial charge in [0, 0.05) is 32.7 Å². The minimum absolute atomic E-state index is 0.0159. The average Bonchev–Trinajstić information content (AvgIpc) is 3.14. The number of hydrogen-bond acceptors (Lipinski definition) is 5. The maximum Gasteiger partial charge on any atom is 0.407 e. The highest BCUT2D eigenvalue weighted by molar-refractivity contribution is 6.03. The van der Waals surface area contributed by atoms with Crippen molar-refractivity contribution in [2.75, 3.05) is 33.9 Å². The number of nitrogens with zero attached hydrogens (tertiary/aromatic N) is 2. The SMILES string of the molecule is COc1ccc2c(c1CN1CC[C@H](N(C)C(=O)O)C1)OCC2=O. The van der Waals surface area contributed by atoms with Crippen LogP contribution in [0, 0.1) is 0 Å². The molecule has 7 heteroatoms. The molecule has 0 aliphatic carbocycles. The van der Waals surface area contributed by atoms with E-state index in [1.807, 2.05) is 0 Å². The van der Waals surface area contributed by atoms with Gasteiger partial charge < -0.3 is 19.5 Å². The number of carbonyl (C=O) groups excluding carboxylic acids is 1. The maximum atomic E-state index is 11.8. The summed E-state index contributed by atoms with van der Waals surface area (Å²) in [5, 5.41) is 9.09. The van der Waals surface area contributed by atoms with Crippen LogP contribution in [0.3, 0.4) is 0 Å². The lowest BCUT2D eigenvalue weighted by atomic mass is 10.1. The van der Waals surface area contributed by atoms with Crippen LogP contribution in [-0.4, -0.2) is 66.7 Å². The van der Waals surface area contributed by atoms with Crippen molar-refractivity contribution in [3.8, 4) is 11.5 Å². The second-order valence-electron chi connectivity index (χ2n) is 5.91. The zero-order chi connectivity index (χ0) is 16.6. The molecule has 23 heavy (non-hydrogen) atoms. The Balaban J connectivity index is 1.79.